The summed E-state index contributed by atoms with van der Waals surface area (Å²) in [7, 11) is 0. The number of carbonyl (C=O) groups excluding carboxylic acids is 1. The molecule has 0 spiro atoms. The first kappa shape index (κ1) is 19.1. The topological polar surface area (TPSA) is 49.6 Å². The summed E-state index contributed by atoms with van der Waals surface area (Å²) in [5.74, 6) is 1.91. The van der Waals surface area contributed by atoms with E-state index in [1.807, 2.05) is 4.90 Å². The van der Waals surface area contributed by atoms with Crippen LogP contribution in [0.2, 0.25) is 0 Å². The van der Waals surface area contributed by atoms with Crippen LogP contribution in [0.5, 0.6) is 0 Å². The highest BCUT2D eigenvalue weighted by Gasteiger charge is 2.27. The summed E-state index contributed by atoms with van der Waals surface area (Å²) >= 11 is 1.76. The summed E-state index contributed by atoms with van der Waals surface area (Å²) in [4.78, 5) is 16.8. The zero-order chi connectivity index (χ0) is 14.4. The Bertz CT molecular complexity index is 305. The molecule has 0 aromatic heterocycles. The second-order valence-electron chi connectivity index (χ2n) is 6.16. The van der Waals surface area contributed by atoms with E-state index in [1.54, 1.807) is 11.8 Å². The van der Waals surface area contributed by atoms with E-state index in [2.05, 4.69) is 11.2 Å². The number of amides is 1. The van der Waals surface area contributed by atoms with Gasteiger partial charge >= 0.3 is 0 Å². The number of rotatable bonds is 6. The lowest BCUT2D eigenvalue weighted by Gasteiger charge is -2.35. The first-order chi connectivity index (χ1) is 9.70. The second kappa shape index (κ2) is 9.93. The number of thioether (sulfide) groups is 1. The monoisotopic (exact) mass is 335 g/mol. The third-order valence-electron chi connectivity index (χ3n) is 4.59. The Morgan fingerprint density at radius 2 is 1.86 bits per heavy atom. The maximum absolute atomic E-state index is 12.2. The highest BCUT2D eigenvalue weighted by atomic mass is 35.5. The average Bonchev–Trinajstić information content (AvgIpc) is 2.97. The van der Waals surface area contributed by atoms with Crippen molar-refractivity contribution in [2.24, 2.45) is 11.7 Å². The van der Waals surface area contributed by atoms with Crippen molar-refractivity contribution in [3.63, 3.8) is 0 Å². The Kier molecular flexibility index (Phi) is 9.02. The van der Waals surface area contributed by atoms with E-state index in [4.69, 9.17) is 5.73 Å². The van der Waals surface area contributed by atoms with Gasteiger partial charge in [-0.3, -0.25) is 4.79 Å². The third-order valence-corrected chi connectivity index (χ3v) is 5.24. The summed E-state index contributed by atoms with van der Waals surface area (Å²) in [5.41, 5.74) is 5.99. The molecule has 2 rings (SSSR count). The highest BCUT2D eigenvalue weighted by Crippen LogP contribution is 2.21. The molecule has 124 valence electrons. The molecule has 2 fully saturated rings. The van der Waals surface area contributed by atoms with Gasteiger partial charge in [-0.25, -0.2) is 0 Å². The predicted molar refractivity (Wildman–Crippen MR) is 93.2 cm³/mol. The van der Waals surface area contributed by atoms with Gasteiger partial charge in [0.2, 0.25) is 5.91 Å². The van der Waals surface area contributed by atoms with Gasteiger partial charge in [-0.1, -0.05) is 0 Å². The Morgan fingerprint density at radius 1 is 1.24 bits per heavy atom. The number of carbonyl (C=O) groups is 1. The van der Waals surface area contributed by atoms with E-state index >= 15 is 0 Å². The Balaban J connectivity index is 0.00000220. The summed E-state index contributed by atoms with van der Waals surface area (Å²) in [6.07, 6.45) is 7.88. The molecule has 2 aliphatic heterocycles. The molecule has 2 heterocycles. The van der Waals surface area contributed by atoms with Gasteiger partial charge in [0.1, 0.15) is 0 Å². The van der Waals surface area contributed by atoms with Crippen LogP contribution < -0.4 is 5.73 Å². The maximum atomic E-state index is 12.2. The molecule has 21 heavy (non-hydrogen) atoms. The lowest BCUT2D eigenvalue weighted by atomic mass is 9.95. The lowest BCUT2D eigenvalue weighted by Crippen LogP contribution is -2.48. The molecular formula is C15H30ClN3OS. The van der Waals surface area contributed by atoms with Crippen LogP contribution in [0.1, 0.15) is 32.1 Å². The van der Waals surface area contributed by atoms with Crippen molar-refractivity contribution in [1.82, 2.24) is 9.80 Å². The fraction of sp³-hybridized carbons (Fsp3) is 0.933. The first-order valence-electron chi connectivity index (χ1n) is 7.96. The SMILES string of the molecule is CSCC[C@H](N)C(=O)N1CCC(CN2CCCC2)CC1.Cl. The molecule has 0 aromatic carbocycles. The van der Waals surface area contributed by atoms with Crippen molar-refractivity contribution in [2.45, 2.75) is 38.1 Å². The maximum Gasteiger partial charge on any atom is 0.239 e. The van der Waals surface area contributed by atoms with Crippen LogP contribution in [0.3, 0.4) is 0 Å². The number of hydrogen-bond donors (Lipinski definition) is 1. The van der Waals surface area contributed by atoms with E-state index in [1.165, 1.54) is 32.5 Å². The van der Waals surface area contributed by atoms with Crippen LogP contribution in [-0.2, 0) is 4.79 Å². The van der Waals surface area contributed by atoms with Crippen LogP contribution in [0, 0.1) is 5.92 Å². The van der Waals surface area contributed by atoms with Crippen LogP contribution in [-0.4, -0.2) is 66.5 Å². The molecule has 0 bridgehead atoms. The van der Waals surface area contributed by atoms with E-state index in [9.17, 15) is 4.79 Å². The van der Waals surface area contributed by atoms with E-state index < -0.39 is 0 Å². The van der Waals surface area contributed by atoms with Gasteiger partial charge in [0.05, 0.1) is 6.04 Å². The molecule has 1 amide bonds. The number of likely N-dealkylation sites (tertiary alicyclic amines) is 2. The molecule has 4 nitrogen and oxygen atoms in total. The Labute approximate surface area is 139 Å². The summed E-state index contributed by atoms with van der Waals surface area (Å²) < 4.78 is 0. The van der Waals surface area contributed by atoms with E-state index in [0.717, 1.165) is 44.0 Å². The number of halogens is 1. The molecule has 1 atom stereocenters. The van der Waals surface area contributed by atoms with Crippen molar-refractivity contribution in [3.8, 4) is 0 Å². The van der Waals surface area contributed by atoms with Gasteiger partial charge in [-0.2, -0.15) is 11.8 Å². The smallest absolute Gasteiger partial charge is 0.239 e. The number of nitrogens with zero attached hydrogens (tertiary/aromatic N) is 2. The van der Waals surface area contributed by atoms with E-state index in [-0.39, 0.29) is 24.4 Å². The molecule has 0 aliphatic carbocycles. The molecule has 0 unspecified atom stereocenters. The van der Waals surface area contributed by atoms with Crippen molar-refractivity contribution in [1.29, 1.82) is 0 Å². The van der Waals surface area contributed by atoms with Crippen molar-refractivity contribution in [3.05, 3.63) is 0 Å². The summed E-state index contributed by atoms with van der Waals surface area (Å²) in [5, 5.41) is 0. The highest BCUT2D eigenvalue weighted by molar-refractivity contribution is 7.98. The molecule has 0 saturated carbocycles. The van der Waals surface area contributed by atoms with Gasteiger partial charge in [-0.05, 0) is 63.1 Å². The fourth-order valence-corrected chi connectivity index (χ4v) is 3.76. The van der Waals surface area contributed by atoms with Crippen LogP contribution in [0.25, 0.3) is 0 Å². The summed E-state index contributed by atoms with van der Waals surface area (Å²) in [6, 6.07) is -0.294. The molecule has 0 aromatic rings. The minimum absolute atomic E-state index is 0. The van der Waals surface area contributed by atoms with Gasteiger partial charge in [0.15, 0.2) is 0 Å². The molecule has 2 N–H and O–H groups in total. The molecule has 2 saturated heterocycles. The normalized spacial score (nSPS) is 22.1. The predicted octanol–water partition coefficient (Wildman–Crippen LogP) is 1.82. The minimum Gasteiger partial charge on any atom is -0.341 e. The quantitative estimate of drug-likeness (QED) is 0.804. The number of hydrogen-bond acceptors (Lipinski definition) is 4. The lowest BCUT2D eigenvalue weighted by molar-refractivity contribution is -0.134. The van der Waals surface area contributed by atoms with Gasteiger partial charge in [0, 0.05) is 19.6 Å². The molecule has 2 aliphatic rings. The summed E-state index contributed by atoms with van der Waals surface area (Å²) in [6.45, 7) is 5.60. The minimum atomic E-state index is -0.294. The zero-order valence-corrected chi connectivity index (χ0v) is 14.8. The van der Waals surface area contributed by atoms with Crippen LogP contribution in [0.4, 0.5) is 0 Å². The van der Waals surface area contributed by atoms with E-state index in [0.29, 0.717) is 0 Å². The van der Waals surface area contributed by atoms with Gasteiger partial charge in [-0.15, -0.1) is 12.4 Å². The Morgan fingerprint density at radius 3 is 2.43 bits per heavy atom. The molecule has 6 heteroatoms. The Hall–Kier alpha value is 0.0300. The van der Waals surface area contributed by atoms with Crippen molar-refractivity contribution >= 4 is 30.1 Å². The first-order valence-corrected chi connectivity index (χ1v) is 9.35. The average molecular weight is 336 g/mol. The number of piperidine rings is 1. The van der Waals surface area contributed by atoms with Gasteiger partial charge in [0.25, 0.3) is 0 Å². The van der Waals surface area contributed by atoms with Crippen molar-refractivity contribution < 1.29 is 4.79 Å². The third kappa shape index (κ3) is 5.97. The van der Waals surface area contributed by atoms with Crippen LogP contribution >= 0.6 is 24.2 Å². The zero-order valence-electron chi connectivity index (χ0n) is 13.1. The standard InChI is InChI=1S/C15H29N3OS.ClH/c1-20-11-6-14(16)15(19)18-9-4-13(5-10-18)12-17-7-2-3-8-17;/h13-14H,2-12,16H2,1H3;1H/t14-;/m0./s1. The largest absolute Gasteiger partial charge is 0.341 e. The molecule has 0 radical (unpaired) electrons. The second-order valence-corrected chi connectivity index (χ2v) is 7.15. The van der Waals surface area contributed by atoms with Crippen molar-refractivity contribution in [2.75, 3.05) is 44.7 Å². The fourth-order valence-electron chi connectivity index (χ4n) is 3.27. The molecular weight excluding hydrogens is 306 g/mol. The van der Waals surface area contributed by atoms with Crippen LogP contribution in [0.15, 0.2) is 0 Å². The number of nitrogens with two attached hydrogens (primary N) is 1. The van der Waals surface area contributed by atoms with Gasteiger partial charge < -0.3 is 15.5 Å².